The Labute approximate surface area is 167 Å². The van der Waals surface area contributed by atoms with Gasteiger partial charge in [0, 0.05) is 47.6 Å². The summed E-state index contributed by atoms with van der Waals surface area (Å²) in [6, 6.07) is 15.0. The number of fused-ring (bicyclic) bond motifs is 2. The Bertz CT molecular complexity index is 867. The summed E-state index contributed by atoms with van der Waals surface area (Å²) in [6.45, 7) is 3.73. The van der Waals surface area contributed by atoms with Crippen molar-refractivity contribution in [1.29, 1.82) is 0 Å². The fourth-order valence-electron chi connectivity index (χ4n) is 3.52. The molecule has 4 nitrogen and oxygen atoms in total. The first kappa shape index (κ1) is 20.3. The third-order valence-corrected chi connectivity index (χ3v) is 7.79. The zero-order chi connectivity index (χ0) is 19.4. The van der Waals surface area contributed by atoms with Crippen LogP contribution in [0, 0.1) is 0 Å². The average molecular weight is 405 g/mol. The van der Waals surface area contributed by atoms with E-state index in [9.17, 15) is 4.21 Å². The largest absolute Gasteiger partial charge is 0.385 e. The second kappa shape index (κ2) is 9.15. The fraction of sp³-hybridized carbons (Fsp3) is 0.381. The number of hydrogen-bond acceptors (Lipinski definition) is 4. The van der Waals surface area contributed by atoms with Gasteiger partial charge in [-0.25, -0.2) is 0 Å². The first-order valence-electron chi connectivity index (χ1n) is 9.13. The molecule has 0 aromatic heterocycles. The molecule has 0 aliphatic carbocycles. The van der Waals surface area contributed by atoms with Crippen LogP contribution in [0.5, 0.6) is 0 Å². The molecule has 3 atom stereocenters. The minimum atomic E-state index is -0.995. The highest BCUT2D eigenvalue weighted by atomic mass is 32.2. The van der Waals surface area contributed by atoms with E-state index in [2.05, 4.69) is 65.4 Å². The van der Waals surface area contributed by atoms with E-state index < -0.39 is 10.8 Å². The normalized spacial score (nSPS) is 20.1. The Morgan fingerprint density at radius 2 is 2.04 bits per heavy atom. The van der Waals surface area contributed by atoms with Crippen LogP contribution in [0.2, 0.25) is 0 Å². The predicted octanol–water partition coefficient (Wildman–Crippen LogP) is 3.95. The molecule has 0 saturated carbocycles. The van der Waals surface area contributed by atoms with Crippen molar-refractivity contribution in [3.63, 3.8) is 0 Å². The summed E-state index contributed by atoms with van der Waals surface area (Å²) < 4.78 is 19.6. The molecule has 1 heterocycles. The molecule has 27 heavy (non-hydrogen) atoms. The van der Waals surface area contributed by atoms with Crippen LogP contribution in [0.25, 0.3) is 0 Å². The first-order chi connectivity index (χ1) is 13.1. The lowest BCUT2D eigenvalue weighted by atomic mass is 9.97. The third-order valence-electron chi connectivity index (χ3n) is 4.83. The van der Waals surface area contributed by atoms with Crippen LogP contribution in [-0.4, -0.2) is 43.1 Å². The highest BCUT2D eigenvalue weighted by molar-refractivity contribution is 8.16. The summed E-state index contributed by atoms with van der Waals surface area (Å²) in [6.07, 6.45) is 2.70. The summed E-state index contributed by atoms with van der Waals surface area (Å²) in [5.74, 6) is 0. The van der Waals surface area contributed by atoms with Gasteiger partial charge in [-0.3, -0.25) is 4.21 Å². The standard InChI is InChI=1S/C21H28N2O2S2/c1-5-27-20-15-16(26(4)24)11-12-18(20)21(22-13-8-14-25-3)17-9-6-7-10-19(17)23(27)2/h5-7,9-12,15,21-22H,8,13-14H2,1-4H3. The van der Waals surface area contributed by atoms with Crippen molar-refractivity contribution in [1.82, 2.24) is 5.32 Å². The number of para-hydroxylation sites is 1. The van der Waals surface area contributed by atoms with Crippen molar-refractivity contribution in [2.24, 2.45) is 0 Å². The van der Waals surface area contributed by atoms with Crippen molar-refractivity contribution in [2.75, 3.05) is 37.9 Å². The van der Waals surface area contributed by atoms with Crippen molar-refractivity contribution in [3.05, 3.63) is 53.6 Å². The first-order valence-corrected chi connectivity index (χ1v) is 11.9. The molecule has 1 aliphatic heterocycles. The van der Waals surface area contributed by atoms with Gasteiger partial charge in [-0.15, -0.1) is 0 Å². The molecule has 146 valence electrons. The van der Waals surface area contributed by atoms with Gasteiger partial charge < -0.3 is 14.4 Å². The molecule has 6 heteroatoms. The zero-order valence-electron chi connectivity index (χ0n) is 16.4. The number of benzene rings is 2. The molecule has 3 unspecified atom stereocenters. The molecular formula is C21H28N2O2S2. The predicted molar refractivity (Wildman–Crippen MR) is 118 cm³/mol. The lowest BCUT2D eigenvalue weighted by Crippen LogP contribution is -2.25. The summed E-state index contributed by atoms with van der Waals surface area (Å²) in [7, 11) is 2.69. The molecule has 0 amide bonds. The molecule has 3 rings (SSSR count). The third kappa shape index (κ3) is 4.19. The molecule has 0 bridgehead atoms. The summed E-state index contributed by atoms with van der Waals surface area (Å²) in [5.41, 5.74) is 3.78. The van der Waals surface area contributed by atoms with Gasteiger partial charge in [0.05, 0.1) is 11.7 Å². The van der Waals surface area contributed by atoms with Gasteiger partial charge in [0.2, 0.25) is 0 Å². The minimum Gasteiger partial charge on any atom is -0.385 e. The molecule has 0 radical (unpaired) electrons. The molecule has 1 N–H and O–H groups in total. The molecule has 0 saturated heterocycles. The van der Waals surface area contributed by atoms with Crippen LogP contribution in [0.3, 0.4) is 0 Å². The monoisotopic (exact) mass is 404 g/mol. The van der Waals surface area contributed by atoms with E-state index >= 15 is 0 Å². The Balaban J connectivity index is 2.15. The summed E-state index contributed by atoms with van der Waals surface area (Å²) in [5, 5.41) is 5.97. The maximum atomic E-state index is 12.1. The second-order valence-corrected chi connectivity index (χ2v) is 9.96. The van der Waals surface area contributed by atoms with Gasteiger partial charge in [-0.2, -0.15) is 0 Å². The van der Waals surface area contributed by atoms with Crippen LogP contribution in [-0.2, 0) is 15.5 Å². The van der Waals surface area contributed by atoms with Crippen molar-refractivity contribution >= 4 is 32.5 Å². The van der Waals surface area contributed by atoms with Crippen LogP contribution in [0.1, 0.15) is 30.5 Å². The quantitative estimate of drug-likeness (QED) is 0.585. The van der Waals surface area contributed by atoms with Crippen LogP contribution in [0.15, 0.2) is 52.3 Å². The minimum absolute atomic E-state index is 0.104. The van der Waals surface area contributed by atoms with Gasteiger partial charge in [0.25, 0.3) is 0 Å². The van der Waals surface area contributed by atoms with Crippen molar-refractivity contribution in [3.8, 4) is 0 Å². The van der Waals surface area contributed by atoms with Gasteiger partial charge in [0.1, 0.15) is 0 Å². The Kier molecular flexibility index (Phi) is 6.87. The Morgan fingerprint density at radius 3 is 2.74 bits per heavy atom. The highest BCUT2D eigenvalue weighted by Gasteiger charge is 2.28. The SMILES string of the molecule is C/C=S1/c2cc(S(C)=O)ccc2C(NCCCOC)c2ccccc2N1C. The average Bonchev–Trinajstić information content (AvgIpc) is 2.78. The van der Waals surface area contributed by atoms with Gasteiger partial charge in [0.15, 0.2) is 0 Å². The fourth-order valence-corrected chi connectivity index (χ4v) is 6.06. The summed E-state index contributed by atoms with van der Waals surface area (Å²) >= 11 is 0. The lowest BCUT2D eigenvalue weighted by Gasteiger charge is -2.24. The van der Waals surface area contributed by atoms with E-state index in [-0.39, 0.29) is 16.7 Å². The number of methoxy groups -OCH3 is 1. The van der Waals surface area contributed by atoms with E-state index in [1.807, 2.05) is 6.07 Å². The Hall–Kier alpha value is -1.47. The molecule has 1 aliphatic rings. The number of nitrogens with one attached hydrogen (secondary N) is 1. The number of ether oxygens (including phenoxy) is 1. The van der Waals surface area contributed by atoms with E-state index in [4.69, 9.17) is 4.74 Å². The van der Waals surface area contributed by atoms with Crippen molar-refractivity contribution in [2.45, 2.75) is 29.2 Å². The molecule has 2 aromatic carbocycles. The van der Waals surface area contributed by atoms with Crippen LogP contribution >= 0.6 is 10.7 Å². The summed E-state index contributed by atoms with van der Waals surface area (Å²) in [4.78, 5) is 2.12. The van der Waals surface area contributed by atoms with Crippen molar-refractivity contribution < 1.29 is 8.95 Å². The van der Waals surface area contributed by atoms with E-state index in [1.54, 1.807) is 13.4 Å². The second-order valence-electron chi connectivity index (χ2n) is 6.49. The maximum Gasteiger partial charge on any atom is 0.0609 e. The number of rotatable bonds is 6. The van der Waals surface area contributed by atoms with Gasteiger partial charge in [-0.05, 0) is 54.6 Å². The lowest BCUT2D eigenvalue weighted by molar-refractivity contribution is 0.193. The topological polar surface area (TPSA) is 41.6 Å². The van der Waals surface area contributed by atoms with Crippen LogP contribution < -0.4 is 9.62 Å². The zero-order valence-corrected chi connectivity index (χ0v) is 18.0. The smallest absolute Gasteiger partial charge is 0.0609 e. The molecule has 0 fully saturated rings. The van der Waals surface area contributed by atoms with E-state index in [0.29, 0.717) is 0 Å². The number of anilines is 1. The van der Waals surface area contributed by atoms with Gasteiger partial charge in [-0.1, -0.05) is 34.9 Å². The number of nitrogens with zero attached hydrogens (tertiary/aromatic N) is 1. The molecule has 0 spiro atoms. The number of hydrogen-bond donors (Lipinski definition) is 1. The maximum absolute atomic E-state index is 12.1. The Morgan fingerprint density at radius 1 is 1.26 bits per heavy atom. The highest BCUT2D eigenvalue weighted by Crippen LogP contribution is 2.46. The molecule has 2 aromatic rings. The van der Waals surface area contributed by atoms with E-state index in [0.717, 1.165) is 24.5 Å². The molecular weight excluding hydrogens is 376 g/mol. The van der Waals surface area contributed by atoms with Crippen LogP contribution in [0.4, 0.5) is 5.69 Å². The van der Waals surface area contributed by atoms with E-state index in [1.165, 1.54) is 21.7 Å². The van der Waals surface area contributed by atoms with Gasteiger partial charge >= 0.3 is 0 Å².